The zero-order valence-corrected chi connectivity index (χ0v) is 9.06. The minimum Gasteiger partial charge on any atom is -0.494 e. The third-order valence-corrected chi connectivity index (χ3v) is 2.30. The molecule has 0 aliphatic carbocycles. The summed E-state index contributed by atoms with van der Waals surface area (Å²) in [6.45, 7) is 0. The quantitative estimate of drug-likeness (QED) is 0.722. The first-order chi connectivity index (χ1) is 7.76. The number of para-hydroxylation sites is 1. The van der Waals surface area contributed by atoms with E-state index in [1.807, 2.05) is 18.2 Å². The number of carbonyl (C=O) groups is 1. The maximum Gasteiger partial charge on any atom is 0.356 e. The lowest BCUT2D eigenvalue weighted by atomic mass is 10.2. The van der Waals surface area contributed by atoms with Gasteiger partial charge in [-0.15, -0.1) is 0 Å². The highest BCUT2D eigenvalue weighted by Gasteiger charge is 2.09. The Morgan fingerprint density at radius 2 is 2.00 bits per heavy atom. The number of carbonyl (C=O) groups excluding carboxylic acids is 1. The van der Waals surface area contributed by atoms with Gasteiger partial charge in [0.25, 0.3) is 0 Å². The first kappa shape index (κ1) is 10.4. The van der Waals surface area contributed by atoms with Crippen LogP contribution in [0.2, 0.25) is 0 Å². The molecule has 0 aliphatic rings. The summed E-state index contributed by atoms with van der Waals surface area (Å²) in [7, 11) is 2.90. The van der Waals surface area contributed by atoms with Crippen LogP contribution in [0.1, 0.15) is 10.5 Å². The first-order valence-electron chi connectivity index (χ1n) is 4.78. The van der Waals surface area contributed by atoms with Gasteiger partial charge in [-0.25, -0.2) is 9.78 Å². The highest BCUT2D eigenvalue weighted by atomic mass is 16.5. The van der Waals surface area contributed by atoms with E-state index in [0.717, 1.165) is 5.39 Å². The average Bonchev–Trinajstić information content (AvgIpc) is 2.36. The van der Waals surface area contributed by atoms with Gasteiger partial charge in [0, 0.05) is 5.39 Å². The Labute approximate surface area is 92.8 Å². The van der Waals surface area contributed by atoms with Crippen molar-refractivity contribution in [2.24, 2.45) is 0 Å². The van der Waals surface area contributed by atoms with Crippen LogP contribution in [0.25, 0.3) is 10.9 Å². The maximum absolute atomic E-state index is 11.3. The van der Waals surface area contributed by atoms with Gasteiger partial charge in [-0.05, 0) is 12.1 Å². The molecule has 2 aromatic rings. The third kappa shape index (κ3) is 1.69. The van der Waals surface area contributed by atoms with Gasteiger partial charge in [0.15, 0.2) is 0 Å². The number of hydrogen-bond acceptors (Lipinski definition) is 4. The van der Waals surface area contributed by atoms with Crippen LogP contribution < -0.4 is 4.74 Å². The predicted molar refractivity (Wildman–Crippen MR) is 59.6 cm³/mol. The van der Waals surface area contributed by atoms with Gasteiger partial charge in [0.05, 0.1) is 14.2 Å². The summed E-state index contributed by atoms with van der Waals surface area (Å²) >= 11 is 0. The molecule has 0 spiro atoms. The Hall–Kier alpha value is -2.10. The van der Waals surface area contributed by atoms with Crippen LogP contribution in [0, 0.1) is 0 Å². The molecule has 1 aromatic carbocycles. The third-order valence-electron chi connectivity index (χ3n) is 2.30. The number of fused-ring (bicyclic) bond motifs is 1. The zero-order valence-electron chi connectivity index (χ0n) is 9.06. The van der Waals surface area contributed by atoms with Crippen molar-refractivity contribution in [1.82, 2.24) is 4.98 Å². The summed E-state index contributed by atoms with van der Waals surface area (Å²) in [4.78, 5) is 15.5. The number of benzene rings is 1. The molecular formula is C12H11NO3. The van der Waals surface area contributed by atoms with Crippen LogP contribution in [0.15, 0.2) is 30.3 Å². The number of pyridine rings is 1. The SMILES string of the molecule is COC(=O)c1ccc2cccc(OC)c2n1. The number of methoxy groups -OCH3 is 2. The van der Waals surface area contributed by atoms with E-state index in [1.165, 1.54) is 7.11 Å². The lowest BCUT2D eigenvalue weighted by Crippen LogP contribution is -2.04. The molecule has 1 aromatic heterocycles. The Bertz CT molecular complexity index is 537. The highest BCUT2D eigenvalue weighted by Crippen LogP contribution is 2.23. The van der Waals surface area contributed by atoms with E-state index in [0.29, 0.717) is 11.3 Å². The van der Waals surface area contributed by atoms with Gasteiger partial charge in [-0.2, -0.15) is 0 Å². The number of ether oxygens (including phenoxy) is 2. The summed E-state index contributed by atoms with van der Waals surface area (Å²) in [5.41, 5.74) is 0.937. The molecule has 82 valence electrons. The fourth-order valence-electron chi connectivity index (χ4n) is 1.50. The van der Waals surface area contributed by atoms with Crippen LogP contribution in [-0.2, 0) is 4.74 Å². The number of hydrogen-bond donors (Lipinski definition) is 0. The Morgan fingerprint density at radius 1 is 1.19 bits per heavy atom. The van der Waals surface area contributed by atoms with Crippen molar-refractivity contribution in [2.75, 3.05) is 14.2 Å². The Morgan fingerprint density at radius 3 is 2.69 bits per heavy atom. The van der Waals surface area contributed by atoms with Crippen molar-refractivity contribution in [2.45, 2.75) is 0 Å². The van der Waals surface area contributed by atoms with Crippen molar-refractivity contribution in [3.63, 3.8) is 0 Å². The van der Waals surface area contributed by atoms with Gasteiger partial charge >= 0.3 is 5.97 Å². The molecule has 2 rings (SSSR count). The molecule has 0 amide bonds. The molecule has 16 heavy (non-hydrogen) atoms. The first-order valence-corrected chi connectivity index (χ1v) is 4.78. The lowest BCUT2D eigenvalue weighted by Gasteiger charge is -2.05. The van der Waals surface area contributed by atoms with E-state index in [9.17, 15) is 4.79 Å². The van der Waals surface area contributed by atoms with E-state index < -0.39 is 5.97 Å². The fraction of sp³-hybridized carbons (Fsp3) is 0.167. The van der Waals surface area contributed by atoms with Gasteiger partial charge in [0.2, 0.25) is 0 Å². The molecule has 0 N–H and O–H groups in total. The highest BCUT2D eigenvalue weighted by molar-refractivity contribution is 5.92. The standard InChI is InChI=1S/C12H11NO3/c1-15-10-5-3-4-8-6-7-9(12(14)16-2)13-11(8)10/h3-7H,1-2H3. The summed E-state index contributed by atoms with van der Waals surface area (Å²) in [5.74, 6) is 0.191. The van der Waals surface area contributed by atoms with E-state index in [1.54, 1.807) is 19.2 Å². The average molecular weight is 217 g/mol. The van der Waals surface area contributed by atoms with E-state index in [4.69, 9.17) is 4.74 Å². The molecule has 0 aliphatic heterocycles. The molecular weight excluding hydrogens is 206 g/mol. The molecule has 4 nitrogen and oxygen atoms in total. The van der Waals surface area contributed by atoms with Crippen molar-refractivity contribution >= 4 is 16.9 Å². The second-order valence-electron chi connectivity index (χ2n) is 3.22. The van der Waals surface area contributed by atoms with E-state index in [2.05, 4.69) is 9.72 Å². The van der Waals surface area contributed by atoms with Crippen LogP contribution >= 0.6 is 0 Å². The van der Waals surface area contributed by atoms with Crippen molar-refractivity contribution < 1.29 is 14.3 Å². The Balaban J connectivity index is 2.63. The molecule has 0 saturated heterocycles. The maximum atomic E-state index is 11.3. The fourth-order valence-corrected chi connectivity index (χ4v) is 1.50. The molecule has 0 radical (unpaired) electrons. The molecule has 0 unspecified atom stereocenters. The lowest BCUT2D eigenvalue weighted by molar-refractivity contribution is 0.0594. The minimum absolute atomic E-state index is 0.277. The Kier molecular flexibility index (Phi) is 2.72. The number of rotatable bonds is 2. The number of esters is 1. The largest absolute Gasteiger partial charge is 0.494 e. The van der Waals surface area contributed by atoms with Crippen LogP contribution in [0.4, 0.5) is 0 Å². The summed E-state index contributed by atoms with van der Waals surface area (Å²) in [6.07, 6.45) is 0. The molecule has 0 fully saturated rings. The molecule has 4 heteroatoms. The molecule has 1 heterocycles. The molecule has 0 atom stereocenters. The normalized spacial score (nSPS) is 10.1. The van der Waals surface area contributed by atoms with Gasteiger partial charge in [-0.1, -0.05) is 18.2 Å². The van der Waals surface area contributed by atoms with Gasteiger partial charge < -0.3 is 9.47 Å². The summed E-state index contributed by atoms with van der Waals surface area (Å²) in [6, 6.07) is 9.04. The van der Waals surface area contributed by atoms with Crippen molar-refractivity contribution in [1.29, 1.82) is 0 Å². The summed E-state index contributed by atoms with van der Waals surface area (Å²) in [5, 5.41) is 0.923. The van der Waals surface area contributed by atoms with Gasteiger partial charge in [-0.3, -0.25) is 0 Å². The number of aromatic nitrogens is 1. The van der Waals surface area contributed by atoms with Crippen molar-refractivity contribution in [3.05, 3.63) is 36.0 Å². The summed E-state index contributed by atoms with van der Waals surface area (Å²) < 4.78 is 9.80. The second kappa shape index (κ2) is 4.18. The van der Waals surface area contributed by atoms with E-state index in [-0.39, 0.29) is 5.69 Å². The monoisotopic (exact) mass is 217 g/mol. The smallest absolute Gasteiger partial charge is 0.356 e. The van der Waals surface area contributed by atoms with Crippen LogP contribution in [0.5, 0.6) is 5.75 Å². The second-order valence-corrected chi connectivity index (χ2v) is 3.22. The number of nitrogens with zero attached hydrogens (tertiary/aromatic N) is 1. The van der Waals surface area contributed by atoms with Crippen LogP contribution in [-0.4, -0.2) is 25.2 Å². The van der Waals surface area contributed by atoms with Crippen LogP contribution in [0.3, 0.4) is 0 Å². The van der Waals surface area contributed by atoms with Crippen molar-refractivity contribution in [3.8, 4) is 5.75 Å². The topological polar surface area (TPSA) is 48.4 Å². The molecule has 0 saturated carbocycles. The predicted octanol–water partition coefficient (Wildman–Crippen LogP) is 2.03. The minimum atomic E-state index is -0.451. The molecule has 0 bridgehead atoms. The van der Waals surface area contributed by atoms with E-state index >= 15 is 0 Å². The zero-order chi connectivity index (χ0) is 11.5. The van der Waals surface area contributed by atoms with Gasteiger partial charge in [0.1, 0.15) is 17.0 Å².